The first-order valence-electron chi connectivity index (χ1n) is 3.91. The number of primary amides is 1. The van der Waals surface area contributed by atoms with Crippen molar-refractivity contribution < 1.29 is 13.6 Å². The molecule has 2 nitrogen and oxygen atoms in total. The van der Waals surface area contributed by atoms with E-state index in [1.54, 1.807) is 6.92 Å². The Labute approximate surface area is 84.5 Å². The van der Waals surface area contributed by atoms with Crippen LogP contribution in [0.25, 0.3) is 0 Å². The lowest BCUT2D eigenvalue weighted by molar-refractivity contribution is -0.117. The summed E-state index contributed by atoms with van der Waals surface area (Å²) in [4.78, 5) is 10.9. The van der Waals surface area contributed by atoms with Crippen LogP contribution in [0.5, 0.6) is 0 Å². The Bertz CT molecular complexity index is 357. The van der Waals surface area contributed by atoms with Crippen LogP contribution in [0.1, 0.15) is 6.92 Å². The average molecular weight is 217 g/mol. The molecule has 2 N–H and O–H groups in total. The van der Waals surface area contributed by atoms with E-state index in [9.17, 15) is 13.6 Å². The monoisotopic (exact) mass is 217 g/mol. The molecule has 76 valence electrons. The van der Waals surface area contributed by atoms with Gasteiger partial charge in [-0.15, -0.1) is 11.8 Å². The van der Waals surface area contributed by atoms with Gasteiger partial charge in [-0.1, -0.05) is 0 Å². The third kappa shape index (κ3) is 2.70. The van der Waals surface area contributed by atoms with E-state index < -0.39 is 22.8 Å². The lowest BCUT2D eigenvalue weighted by atomic mass is 10.3. The molecule has 5 heteroatoms. The van der Waals surface area contributed by atoms with Crippen molar-refractivity contribution in [1.82, 2.24) is 0 Å². The van der Waals surface area contributed by atoms with Crippen LogP contribution in [-0.4, -0.2) is 11.2 Å². The summed E-state index contributed by atoms with van der Waals surface area (Å²) in [6.07, 6.45) is 0. The van der Waals surface area contributed by atoms with Crippen molar-refractivity contribution >= 4 is 17.7 Å². The van der Waals surface area contributed by atoms with Gasteiger partial charge < -0.3 is 5.73 Å². The zero-order valence-corrected chi connectivity index (χ0v) is 8.28. The molecule has 0 unspecified atom stereocenters. The van der Waals surface area contributed by atoms with E-state index in [0.717, 1.165) is 23.9 Å². The Balaban J connectivity index is 2.82. The Morgan fingerprint density at radius 3 is 2.64 bits per heavy atom. The first-order valence-corrected chi connectivity index (χ1v) is 4.79. The van der Waals surface area contributed by atoms with Gasteiger partial charge in [-0.25, -0.2) is 8.78 Å². The van der Waals surface area contributed by atoms with E-state index >= 15 is 0 Å². The molecule has 0 saturated heterocycles. The summed E-state index contributed by atoms with van der Waals surface area (Å²) in [6, 6.07) is 3.20. The fourth-order valence-corrected chi connectivity index (χ4v) is 1.63. The Kier molecular flexibility index (Phi) is 3.46. The minimum Gasteiger partial charge on any atom is -0.369 e. The van der Waals surface area contributed by atoms with Crippen molar-refractivity contribution in [3.05, 3.63) is 29.8 Å². The predicted molar refractivity (Wildman–Crippen MR) is 50.9 cm³/mol. The van der Waals surface area contributed by atoms with Crippen molar-refractivity contribution in [3.8, 4) is 0 Å². The third-order valence-corrected chi connectivity index (χ3v) is 2.77. The van der Waals surface area contributed by atoms with Crippen molar-refractivity contribution in [2.24, 2.45) is 5.73 Å². The quantitative estimate of drug-likeness (QED) is 0.786. The molecule has 1 atom stereocenters. The number of thioether (sulfide) groups is 1. The van der Waals surface area contributed by atoms with Gasteiger partial charge >= 0.3 is 0 Å². The van der Waals surface area contributed by atoms with Crippen molar-refractivity contribution in [1.29, 1.82) is 0 Å². The summed E-state index contributed by atoms with van der Waals surface area (Å²) in [6.45, 7) is 1.57. The maximum atomic E-state index is 13.1. The second-order valence-electron chi connectivity index (χ2n) is 2.74. The van der Waals surface area contributed by atoms with Crippen molar-refractivity contribution in [2.45, 2.75) is 17.1 Å². The number of hydrogen-bond donors (Lipinski definition) is 1. The number of carbonyl (C=O) groups excluding carboxylic acids is 1. The molecule has 0 spiro atoms. The van der Waals surface area contributed by atoms with E-state index in [-0.39, 0.29) is 4.90 Å². The molecule has 1 amide bonds. The molecule has 1 rings (SSSR count). The summed E-state index contributed by atoms with van der Waals surface area (Å²) in [5.74, 6) is -1.85. The van der Waals surface area contributed by atoms with Crippen LogP contribution in [0, 0.1) is 11.6 Å². The molecule has 0 aromatic heterocycles. The minimum atomic E-state index is -0.678. The fraction of sp³-hybridized carbons (Fsp3) is 0.222. The number of rotatable bonds is 3. The topological polar surface area (TPSA) is 43.1 Å². The summed E-state index contributed by atoms with van der Waals surface area (Å²) < 4.78 is 25.6. The zero-order chi connectivity index (χ0) is 10.7. The van der Waals surface area contributed by atoms with Gasteiger partial charge in [0.1, 0.15) is 11.6 Å². The molecule has 0 bridgehead atoms. The molecule has 1 aromatic rings. The number of halogens is 2. The second kappa shape index (κ2) is 4.41. The van der Waals surface area contributed by atoms with E-state index in [1.807, 2.05) is 0 Å². The number of hydrogen-bond acceptors (Lipinski definition) is 2. The SMILES string of the molecule is C[C@H](Sc1ccc(F)cc1F)C(N)=O. The largest absolute Gasteiger partial charge is 0.369 e. The first-order chi connectivity index (χ1) is 6.50. The normalized spacial score (nSPS) is 12.5. The maximum absolute atomic E-state index is 13.1. The molecule has 1 aromatic carbocycles. The smallest absolute Gasteiger partial charge is 0.230 e. The maximum Gasteiger partial charge on any atom is 0.230 e. The summed E-state index contributed by atoms with van der Waals surface area (Å²) in [7, 11) is 0. The molecular weight excluding hydrogens is 208 g/mol. The zero-order valence-electron chi connectivity index (χ0n) is 7.46. The number of benzene rings is 1. The van der Waals surface area contributed by atoms with Crippen LogP contribution in [0.15, 0.2) is 23.1 Å². The number of nitrogens with two attached hydrogens (primary N) is 1. The number of amides is 1. The second-order valence-corrected chi connectivity index (χ2v) is 4.12. The fourth-order valence-electron chi connectivity index (χ4n) is 0.819. The molecule has 0 fully saturated rings. The van der Waals surface area contributed by atoms with Gasteiger partial charge in [-0.3, -0.25) is 4.79 Å². The minimum absolute atomic E-state index is 0.220. The van der Waals surface area contributed by atoms with Crippen LogP contribution in [0.4, 0.5) is 8.78 Å². The molecule has 0 saturated carbocycles. The van der Waals surface area contributed by atoms with E-state index in [4.69, 9.17) is 5.73 Å². The average Bonchev–Trinajstić information content (AvgIpc) is 2.09. The first kappa shape index (κ1) is 11.0. The van der Waals surface area contributed by atoms with Gasteiger partial charge in [0.2, 0.25) is 5.91 Å². The lowest BCUT2D eigenvalue weighted by Crippen LogP contribution is -2.22. The Morgan fingerprint density at radius 2 is 2.14 bits per heavy atom. The molecule has 0 radical (unpaired) electrons. The summed E-state index contributed by atoms with van der Waals surface area (Å²) >= 11 is 0.971. The highest BCUT2D eigenvalue weighted by Gasteiger charge is 2.13. The van der Waals surface area contributed by atoms with Crippen LogP contribution in [-0.2, 0) is 4.79 Å². The summed E-state index contributed by atoms with van der Waals surface area (Å²) in [5, 5.41) is -0.532. The Morgan fingerprint density at radius 1 is 1.50 bits per heavy atom. The predicted octanol–water partition coefficient (Wildman–Crippen LogP) is 1.93. The van der Waals surface area contributed by atoms with E-state index in [0.29, 0.717) is 0 Å². The lowest BCUT2D eigenvalue weighted by Gasteiger charge is -2.07. The van der Waals surface area contributed by atoms with Gasteiger partial charge in [0.15, 0.2) is 0 Å². The standard InChI is InChI=1S/C9H9F2NOS/c1-5(9(12)13)14-8-3-2-6(10)4-7(8)11/h2-5H,1H3,(H2,12,13)/t5-/m0/s1. The van der Waals surface area contributed by atoms with Gasteiger partial charge in [0.05, 0.1) is 5.25 Å². The van der Waals surface area contributed by atoms with Crippen molar-refractivity contribution in [2.75, 3.05) is 0 Å². The summed E-state index contributed by atoms with van der Waals surface area (Å²) in [5.41, 5.74) is 5.01. The van der Waals surface area contributed by atoms with Gasteiger partial charge in [0.25, 0.3) is 0 Å². The molecule has 0 heterocycles. The van der Waals surface area contributed by atoms with Crippen LogP contribution in [0.3, 0.4) is 0 Å². The highest BCUT2D eigenvalue weighted by atomic mass is 32.2. The molecule has 0 aliphatic heterocycles. The molecule has 0 aliphatic rings. The van der Waals surface area contributed by atoms with Crippen LogP contribution < -0.4 is 5.73 Å². The number of carbonyl (C=O) groups is 1. The highest BCUT2D eigenvalue weighted by molar-refractivity contribution is 8.00. The van der Waals surface area contributed by atoms with Gasteiger partial charge in [-0.2, -0.15) is 0 Å². The Hall–Kier alpha value is -1.10. The van der Waals surface area contributed by atoms with Crippen LogP contribution in [0.2, 0.25) is 0 Å². The van der Waals surface area contributed by atoms with E-state index in [2.05, 4.69) is 0 Å². The van der Waals surface area contributed by atoms with E-state index in [1.165, 1.54) is 6.07 Å². The van der Waals surface area contributed by atoms with Gasteiger partial charge in [0, 0.05) is 11.0 Å². The van der Waals surface area contributed by atoms with Crippen LogP contribution >= 0.6 is 11.8 Å². The highest BCUT2D eigenvalue weighted by Crippen LogP contribution is 2.26. The molecule has 0 aliphatic carbocycles. The van der Waals surface area contributed by atoms with Gasteiger partial charge in [-0.05, 0) is 19.1 Å². The third-order valence-electron chi connectivity index (χ3n) is 1.60. The molecule has 14 heavy (non-hydrogen) atoms. The molecular formula is C9H9F2NOS. The van der Waals surface area contributed by atoms with Crippen molar-refractivity contribution in [3.63, 3.8) is 0 Å².